The number of aromatic nitrogens is 1. The molecule has 1 aliphatic rings. The molecule has 0 aliphatic carbocycles. The largest absolute Gasteiger partial charge is 0.494 e. The van der Waals surface area contributed by atoms with Gasteiger partial charge in [0.15, 0.2) is 11.5 Å². The standard InChI is InChI=1S/C18H20N4O2/c1-3-11-24-15-6-4-5-14(12-15)18(13-7-9-20-10-8-13)16(23)22(2)17(19)21-18/h4-10,12H,3,11H2,1-2H3,(H2,19,21). The lowest BCUT2D eigenvalue weighted by Crippen LogP contribution is -2.41. The molecule has 0 radical (unpaired) electrons. The maximum absolute atomic E-state index is 13.0. The number of carbonyl (C=O) groups is 1. The average molecular weight is 324 g/mol. The molecule has 0 saturated carbocycles. The zero-order chi connectivity index (χ0) is 17.2. The lowest BCUT2D eigenvalue weighted by molar-refractivity contribution is -0.129. The van der Waals surface area contributed by atoms with Gasteiger partial charge < -0.3 is 10.5 Å². The van der Waals surface area contributed by atoms with Crippen molar-refractivity contribution < 1.29 is 9.53 Å². The van der Waals surface area contributed by atoms with Gasteiger partial charge in [-0.15, -0.1) is 0 Å². The van der Waals surface area contributed by atoms with Crippen LogP contribution in [0.2, 0.25) is 0 Å². The Labute approximate surface area is 141 Å². The molecule has 0 bridgehead atoms. The van der Waals surface area contributed by atoms with Gasteiger partial charge in [-0.3, -0.25) is 14.7 Å². The number of rotatable bonds is 5. The molecule has 1 unspecified atom stereocenters. The molecular formula is C18H20N4O2. The molecule has 1 aliphatic heterocycles. The van der Waals surface area contributed by atoms with Crippen molar-refractivity contribution in [3.05, 3.63) is 59.9 Å². The van der Waals surface area contributed by atoms with Crippen LogP contribution >= 0.6 is 0 Å². The van der Waals surface area contributed by atoms with Crippen LogP contribution in [0, 0.1) is 0 Å². The number of likely N-dealkylation sites (N-methyl/N-ethyl adjacent to an activating group) is 1. The second-order valence-corrected chi connectivity index (χ2v) is 5.66. The zero-order valence-electron chi connectivity index (χ0n) is 13.8. The average Bonchev–Trinajstić information content (AvgIpc) is 2.86. The minimum atomic E-state index is -1.20. The van der Waals surface area contributed by atoms with E-state index in [0.29, 0.717) is 12.4 Å². The maximum atomic E-state index is 13.0. The van der Waals surface area contributed by atoms with E-state index in [1.54, 1.807) is 31.6 Å². The molecule has 6 nitrogen and oxygen atoms in total. The molecule has 1 atom stereocenters. The minimum Gasteiger partial charge on any atom is -0.494 e. The second kappa shape index (κ2) is 6.31. The molecule has 24 heavy (non-hydrogen) atoms. The first kappa shape index (κ1) is 16.0. The summed E-state index contributed by atoms with van der Waals surface area (Å²) < 4.78 is 5.71. The number of hydrogen-bond donors (Lipinski definition) is 1. The molecular weight excluding hydrogens is 304 g/mol. The van der Waals surface area contributed by atoms with Crippen molar-refractivity contribution in [3.8, 4) is 5.75 Å². The first-order valence-electron chi connectivity index (χ1n) is 7.87. The third-order valence-electron chi connectivity index (χ3n) is 4.06. The van der Waals surface area contributed by atoms with Crippen molar-refractivity contribution in [2.75, 3.05) is 13.7 Å². The summed E-state index contributed by atoms with van der Waals surface area (Å²) in [5, 5.41) is 0. The van der Waals surface area contributed by atoms with Gasteiger partial charge in [-0.25, -0.2) is 4.99 Å². The Bertz CT molecular complexity index is 776. The second-order valence-electron chi connectivity index (χ2n) is 5.66. The summed E-state index contributed by atoms with van der Waals surface area (Å²) in [5.74, 6) is 0.703. The SMILES string of the molecule is CCCOc1cccc(C2(c3ccncc3)N=C(N)N(C)C2=O)c1. The van der Waals surface area contributed by atoms with E-state index >= 15 is 0 Å². The molecule has 6 heteroatoms. The molecule has 1 amide bonds. The quantitative estimate of drug-likeness (QED) is 0.911. The van der Waals surface area contributed by atoms with Gasteiger partial charge in [-0.05, 0) is 41.8 Å². The van der Waals surface area contributed by atoms with Gasteiger partial charge in [0.1, 0.15) is 5.75 Å². The highest BCUT2D eigenvalue weighted by atomic mass is 16.5. The fourth-order valence-corrected chi connectivity index (χ4v) is 2.81. The van der Waals surface area contributed by atoms with Gasteiger partial charge in [0, 0.05) is 19.4 Å². The zero-order valence-corrected chi connectivity index (χ0v) is 13.8. The van der Waals surface area contributed by atoms with Gasteiger partial charge in [-0.1, -0.05) is 19.1 Å². The van der Waals surface area contributed by atoms with Crippen LogP contribution in [0.4, 0.5) is 0 Å². The molecule has 124 valence electrons. The predicted octanol–water partition coefficient (Wildman–Crippen LogP) is 1.90. The Kier molecular flexibility index (Phi) is 4.20. The van der Waals surface area contributed by atoms with Crippen molar-refractivity contribution in [3.63, 3.8) is 0 Å². The number of nitrogens with two attached hydrogens (primary N) is 1. The number of nitrogens with zero attached hydrogens (tertiary/aromatic N) is 3. The Morgan fingerprint density at radius 1 is 1.21 bits per heavy atom. The van der Waals surface area contributed by atoms with E-state index < -0.39 is 5.54 Å². The van der Waals surface area contributed by atoms with Crippen LogP contribution in [-0.2, 0) is 10.3 Å². The Morgan fingerprint density at radius 3 is 2.58 bits per heavy atom. The summed E-state index contributed by atoms with van der Waals surface area (Å²) in [6.07, 6.45) is 4.20. The molecule has 2 aromatic rings. The van der Waals surface area contributed by atoms with Crippen LogP contribution in [0.5, 0.6) is 5.75 Å². The summed E-state index contributed by atoms with van der Waals surface area (Å²) in [4.78, 5) is 23.0. The van der Waals surface area contributed by atoms with Gasteiger partial charge >= 0.3 is 0 Å². The van der Waals surface area contributed by atoms with Crippen molar-refractivity contribution in [2.45, 2.75) is 18.9 Å². The van der Waals surface area contributed by atoms with Crippen LogP contribution in [0.15, 0.2) is 53.8 Å². The topological polar surface area (TPSA) is 80.8 Å². The molecule has 1 aromatic heterocycles. The fraction of sp³-hybridized carbons (Fsp3) is 0.278. The van der Waals surface area contributed by atoms with E-state index in [-0.39, 0.29) is 11.9 Å². The highest BCUT2D eigenvalue weighted by Crippen LogP contribution is 2.39. The summed E-state index contributed by atoms with van der Waals surface area (Å²) >= 11 is 0. The molecule has 2 heterocycles. The smallest absolute Gasteiger partial charge is 0.266 e. The lowest BCUT2D eigenvalue weighted by Gasteiger charge is -2.26. The van der Waals surface area contributed by atoms with Gasteiger partial charge in [-0.2, -0.15) is 0 Å². The van der Waals surface area contributed by atoms with Gasteiger partial charge in [0.2, 0.25) is 0 Å². The van der Waals surface area contributed by atoms with Crippen molar-refractivity contribution in [1.29, 1.82) is 0 Å². The molecule has 3 rings (SSSR count). The third-order valence-corrected chi connectivity index (χ3v) is 4.06. The summed E-state index contributed by atoms with van der Waals surface area (Å²) in [7, 11) is 1.63. The summed E-state index contributed by atoms with van der Waals surface area (Å²) in [5.41, 5.74) is 6.19. The van der Waals surface area contributed by atoms with Gasteiger partial charge in [0.05, 0.1) is 6.61 Å². The molecule has 2 N–H and O–H groups in total. The van der Waals surface area contributed by atoms with Crippen LogP contribution in [-0.4, -0.2) is 35.4 Å². The number of guanidine groups is 1. The summed E-state index contributed by atoms with van der Waals surface area (Å²) in [6.45, 7) is 2.66. The number of hydrogen-bond acceptors (Lipinski definition) is 5. The minimum absolute atomic E-state index is 0.191. The number of ether oxygens (including phenoxy) is 1. The first-order valence-corrected chi connectivity index (χ1v) is 7.87. The predicted molar refractivity (Wildman–Crippen MR) is 91.6 cm³/mol. The Balaban J connectivity index is 2.16. The highest BCUT2D eigenvalue weighted by Gasteiger charge is 2.49. The van der Waals surface area contributed by atoms with E-state index in [2.05, 4.69) is 9.98 Å². The number of benzene rings is 1. The fourth-order valence-electron chi connectivity index (χ4n) is 2.81. The van der Waals surface area contributed by atoms with Gasteiger partial charge in [0.25, 0.3) is 5.91 Å². The lowest BCUT2D eigenvalue weighted by atomic mass is 9.83. The van der Waals surface area contributed by atoms with Crippen molar-refractivity contribution in [1.82, 2.24) is 9.88 Å². The summed E-state index contributed by atoms with van der Waals surface area (Å²) in [6, 6.07) is 11.0. The number of aliphatic imine (C=N–C) groups is 1. The molecule has 1 aromatic carbocycles. The van der Waals surface area contributed by atoms with E-state index in [4.69, 9.17) is 10.5 Å². The van der Waals surface area contributed by atoms with E-state index in [9.17, 15) is 4.79 Å². The Hall–Kier alpha value is -2.89. The number of carbonyl (C=O) groups excluding carboxylic acids is 1. The normalized spacial score (nSPS) is 20.2. The van der Waals surface area contributed by atoms with Crippen molar-refractivity contribution in [2.24, 2.45) is 10.7 Å². The molecule has 0 saturated heterocycles. The highest BCUT2D eigenvalue weighted by molar-refractivity contribution is 6.08. The number of amides is 1. The molecule has 0 fully saturated rings. The van der Waals surface area contributed by atoms with E-state index in [1.165, 1.54) is 4.90 Å². The van der Waals surface area contributed by atoms with Crippen molar-refractivity contribution >= 4 is 11.9 Å². The van der Waals surface area contributed by atoms with Crippen LogP contribution < -0.4 is 10.5 Å². The Morgan fingerprint density at radius 2 is 1.96 bits per heavy atom. The van der Waals surface area contributed by atoms with E-state index in [1.807, 2.05) is 31.2 Å². The first-order chi connectivity index (χ1) is 11.6. The molecule has 0 spiro atoms. The van der Waals surface area contributed by atoms with Crippen LogP contribution in [0.1, 0.15) is 24.5 Å². The van der Waals surface area contributed by atoms with Crippen LogP contribution in [0.25, 0.3) is 0 Å². The maximum Gasteiger partial charge on any atom is 0.266 e. The third kappa shape index (κ3) is 2.50. The number of pyridine rings is 1. The monoisotopic (exact) mass is 324 g/mol. The van der Waals surface area contributed by atoms with E-state index in [0.717, 1.165) is 17.5 Å². The van der Waals surface area contributed by atoms with Crippen LogP contribution in [0.3, 0.4) is 0 Å².